The third-order valence-corrected chi connectivity index (χ3v) is 5.41. The number of carbonyl (C=O) groups is 1. The molecule has 1 amide bonds. The van der Waals surface area contributed by atoms with Crippen molar-refractivity contribution in [2.45, 2.75) is 19.9 Å². The SMILES string of the molecule is Cc1nn(C)c2nc(-c3ccco3)cc(C(=O)NC(C)c3ccc(-n4cncn4)cc3)c12. The molecule has 5 aromatic rings. The van der Waals surface area contributed by atoms with Gasteiger partial charge in [0, 0.05) is 7.05 Å². The Bertz CT molecular complexity index is 1380. The van der Waals surface area contributed by atoms with Gasteiger partial charge in [-0.15, -0.1) is 0 Å². The topological polar surface area (TPSA) is 104 Å². The minimum atomic E-state index is -0.209. The highest BCUT2D eigenvalue weighted by Crippen LogP contribution is 2.27. The van der Waals surface area contributed by atoms with Crippen LogP contribution in [0.25, 0.3) is 28.2 Å². The minimum Gasteiger partial charge on any atom is -0.463 e. The van der Waals surface area contributed by atoms with E-state index >= 15 is 0 Å². The van der Waals surface area contributed by atoms with Gasteiger partial charge >= 0.3 is 0 Å². The first-order chi connectivity index (χ1) is 15.5. The molecule has 1 aromatic carbocycles. The lowest BCUT2D eigenvalue weighted by Gasteiger charge is -2.16. The Morgan fingerprint density at radius 1 is 1.19 bits per heavy atom. The molecule has 9 nitrogen and oxygen atoms in total. The van der Waals surface area contributed by atoms with Crippen LogP contribution in [-0.4, -0.2) is 35.4 Å². The molecule has 1 N–H and O–H groups in total. The van der Waals surface area contributed by atoms with E-state index in [1.165, 1.54) is 6.33 Å². The van der Waals surface area contributed by atoms with E-state index < -0.39 is 0 Å². The van der Waals surface area contributed by atoms with Crippen molar-refractivity contribution in [3.05, 3.63) is 78.2 Å². The van der Waals surface area contributed by atoms with Crippen LogP contribution < -0.4 is 5.32 Å². The van der Waals surface area contributed by atoms with Crippen molar-refractivity contribution in [3.63, 3.8) is 0 Å². The Morgan fingerprint density at radius 2 is 2.00 bits per heavy atom. The van der Waals surface area contributed by atoms with Crippen molar-refractivity contribution >= 4 is 16.9 Å². The number of pyridine rings is 1. The number of fused-ring (bicyclic) bond motifs is 1. The summed E-state index contributed by atoms with van der Waals surface area (Å²) in [5.74, 6) is 0.394. The van der Waals surface area contributed by atoms with Gasteiger partial charge in [0.25, 0.3) is 5.91 Å². The lowest BCUT2D eigenvalue weighted by atomic mass is 10.0. The highest BCUT2D eigenvalue weighted by Gasteiger charge is 2.21. The number of carbonyl (C=O) groups excluding carboxylic acids is 1. The standard InChI is InChI=1S/C23H21N7O2/c1-14(16-6-8-17(9-7-16)30-13-24-12-25-30)26-23(31)18-11-19(20-5-4-10-32-20)27-22-21(18)15(2)28-29(22)3/h4-14H,1-3H3,(H,26,31). The van der Waals surface area contributed by atoms with Crippen molar-refractivity contribution in [2.75, 3.05) is 0 Å². The molecule has 1 atom stereocenters. The zero-order valence-electron chi connectivity index (χ0n) is 17.9. The Kier molecular flexibility index (Phi) is 4.78. The monoisotopic (exact) mass is 427 g/mol. The number of furan rings is 1. The van der Waals surface area contributed by atoms with E-state index in [9.17, 15) is 4.79 Å². The lowest BCUT2D eigenvalue weighted by molar-refractivity contribution is 0.0941. The van der Waals surface area contributed by atoms with E-state index in [1.807, 2.05) is 51.2 Å². The Labute approximate surface area is 183 Å². The second-order valence-electron chi connectivity index (χ2n) is 7.57. The van der Waals surface area contributed by atoms with Crippen molar-refractivity contribution < 1.29 is 9.21 Å². The Morgan fingerprint density at radius 3 is 2.69 bits per heavy atom. The fourth-order valence-electron chi connectivity index (χ4n) is 3.79. The summed E-state index contributed by atoms with van der Waals surface area (Å²) >= 11 is 0. The molecule has 4 aromatic heterocycles. The molecular weight excluding hydrogens is 406 g/mol. The van der Waals surface area contributed by atoms with E-state index in [1.54, 1.807) is 34.1 Å². The normalized spacial score (nSPS) is 12.2. The molecule has 0 aliphatic heterocycles. The molecule has 9 heteroatoms. The lowest BCUT2D eigenvalue weighted by Crippen LogP contribution is -2.27. The van der Waals surface area contributed by atoms with Crippen LogP contribution >= 0.6 is 0 Å². The molecule has 160 valence electrons. The smallest absolute Gasteiger partial charge is 0.252 e. The zero-order valence-corrected chi connectivity index (χ0v) is 17.9. The summed E-state index contributed by atoms with van der Waals surface area (Å²) in [6.45, 7) is 3.82. The first-order valence-electron chi connectivity index (χ1n) is 10.2. The van der Waals surface area contributed by atoms with Crippen LogP contribution in [-0.2, 0) is 7.05 Å². The van der Waals surface area contributed by atoms with Gasteiger partial charge in [0.1, 0.15) is 18.3 Å². The van der Waals surface area contributed by atoms with Gasteiger partial charge in [0.15, 0.2) is 11.4 Å². The number of nitrogens with one attached hydrogen (secondary N) is 1. The van der Waals surface area contributed by atoms with Crippen LogP contribution in [0.15, 0.2) is 65.8 Å². The van der Waals surface area contributed by atoms with Gasteiger partial charge in [0.2, 0.25) is 0 Å². The summed E-state index contributed by atoms with van der Waals surface area (Å²) in [5.41, 5.74) is 4.34. The van der Waals surface area contributed by atoms with Gasteiger partial charge in [-0.05, 0) is 49.7 Å². The first kappa shape index (κ1) is 19.7. The van der Waals surface area contributed by atoms with Crippen LogP contribution in [0.4, 0.5) is 0 Å². The number of amides is 1. The number of aromatic nitrogens is 6. The zero-order chi connectivity index (χ0) is 22.2. The van der Waals surface area contributed by atoms with Crippen LogP contribution in [0, 0.1) is 6.92 Å². The number of rotatable bonds is 5. The third kappa shape index (κ3) is 3.43. The van der Waals surface area contributed by atoms with Crippen LogP contribution in [0.1, 0.15) is 34.6 Å². The maximum atomic E-state index is 13.4. The molecule has 0 spiro atoms. The summed E-state index contributed by atoms with van der Waals surface area (Å²) in [4.78, 5) is 22.0. The maximum absolute atomic E-state index is 13.4. The molecule has 0 aliphatic carbocycles. The van der Waals surface area contributed by atoms with E-state index in [0.717, 1.165) is 22.3 Å². The summed E-state index contributed by atoms with van der Waals surface area (Å²) in [7, 11) is 1.81. The van der Waals surface area contributed by atoms with Crippen LogP contribution in [0.3, 0.4) is 0 Å². The van der Waals surface area contributed by atoms with Crippen molar-refractivity contribution in [1.29, 1.82) is 0 Å². The summed E-state index contributed by atoms with van der Waals surface area (Å²) in [6, 6.07) is 13.0. The van der Waals surface area contributed by atoms with E-state index in [-0.39, 0.29) is 11.9 Å². The number of aryl methyl sites for hydroxylation is 2. The Balaban J connectivity index is 1.46. The van der Waals surface area contributed by atoms with Crippen LogP contribution in [0.2, 0.25) is 0 Å². The Hall–Kier alpha value is -4.27. The van der Waals surface area contributed by atoms with Gasteiger partial charge < -0.3 is 9.73 Å². The quantitative estimate of drug-likeness (QED) is 0.460. The van der Waals surface area contributed by atoms with Gasteiger partial charge in [0.05, 0.1) is 34.6 Å². The van der Waals surface area contributed by atoms with Gasteiger partial charge in [-0.1, -0.05) is 12.1 Å². The molecule has 0 bridgehead atoms. The summed E-state index contributed by atoms with van der Waals surface area (Å²) in [6.07, 6.45) is 4.71. The van der Waals surface area contributed by atoms with Crippen molar-refractivity contribution in [3.8, 4) is 17.1 Å². The second-order valence-corrected chi connectivity index (χ2v) is 7.57. The average molecular weight is 427 g/mol. The molecule has 0 aliphatic rings. The summed E-state index contributed by atoms with van der Waals surface area (Å²) < 4.78 is 8.87. The number of hydrogen-bond acceptors (Lipinski definition) is 6. The number of hydrogen-bond donors (Lipinski definition) is 1. The molecule has 0 saturated heterocycles. The second kappa shape index (κ2) is 7.77. The molecule has 1 unspecified atom stereocenters. The number of benzene rings is 1. The predicted molar refractivity (Wildman–Crippen MR) is 118 cm³/mol. The molecular formula is C23H21N7O2. The van der Waals surface area contributed by atoms with Gasteiger partial charge in [-0.3, -0.25) is 9.48 Å². The molecule has 0 radical (unpaired) electrons. The fourth-order valence-corrected chi connectivity index (χ4v) is 3.79. The highest BCUT2D eigenvalue weighted by atomic mass is 16.3. The first-order valence-corrected chi connectivity index (χ1v) is 10.2. The molecule has 5 rings (SSSR count). The summed E-state index contributed by atoms with van der Waals surface area (Å²) in [5, 5.41) is 12.4. The van der Waals surface area contributed by atoms with Gasteiger partial charge in [-0.25, -0.2) is 14.6 Å². The predicted octanol–water partition coefficient (Wildman–Crippen LogP) is 3.61. The molecule has 32 heavy (non-hydrogen) atoms. The highest BCUT2D eigenvalue weighted by molar-refractivity contribution is 6.07. The average Bonchev–Trinajstić information content (AvgIpc) is 3.56. The van der Waals surface area contributed by atoms with E-state index in [0.29, 0.717) is 22.7 Å². The van der Waals surface area contributed by atoms with Crippen LogP contribution in [0.5, 0.6) is 0 Å². The minimum absolute atomic E-state index is 0.200. The molecule has 4 heterocycles. The molecule has 0 saturated carbocycles. The van der Waals surface area contributed by atoms with E-state index in [2.05, 4.69) is 25.5 Å². The van der Waals surface area contributed by atoms with Crippen molar-refractivity contribution in [1.82, 2.24) is 34.8 Å². The fraction of sp³-hybridized carbons (Fsp3) is 0.174. The van der Waals surface area contributed by atoms with Crippen molar-refractivity contribution in [2.24, 2.45) is 7.05 Å². The number of nitrogens with zero attached hydrogens (tertiary/aromatic N) is 6. The third-order valence-electron chi connectivity index (χ3n) is 5.41. The largest absolute Gasteiger partial charge is 0.463 e. The maximum Gasteiger partial charge on any atom is 0.252 e. The van der Waals surface area contributed by atoms with Gasteiger partial charge in [-0.2, -0.15) is 10.2 Å². The van der Waals surface area contributed by atoms with E-state index in [4.69, 9.17) is 4.42 Å². The molecule has 0 fully saturated rings.